The van der Waals surface area contributed by atoms with E-state index in [1.54, 1.807) is 6.20 Å². The van der Waals surface area contributed by atoms with Crippen LogP contribution < -0.4 is 5.32 Å². The van der Waals surface area contributed by atoms with Crippen molar-refractivity contribution in [3.63, 3.8) is 0 Å². The Bertz CT molecular complexity index is 532. The molecule has 108 valence electrons. The molecular weight excluding hydrogens is 256 g/mol. The number of aryl methyl sites for hydroxylation is 2. The average Bonchev–Trinajstić information content (AvgIpc) is 2.34. The minimum Gasteiger partial charge on any atom is -0.460 e. The lowest BCUT2D eigenvalue weighted by Gasteiger charge is -2.19. The Kier molecular flexibility index (Phi) is 4.06. The maximum atomic E-state index is 11.7. The number of nitrogens with one attached hydrogen (secondary N) is 1. The Balaban J connectivity index is 1.94. The molecule has 20 heavy (non-hydrogen) atoms. The van der Waals surface area contributed by atoms with E-state index in [1.165, 1.54) is 0 Å². The number of rotatable bonds is 3. The summed E-state index contributed by atoms with van der Waals surface area (Å²) in [6, 6.07) is 2.01. The first-order chi connectivity index (χ1) is 9.33. The number of fused-ring (bicyclic) bond motifs is 1. The van der Waals surface area contributed by atoms with Crippen molar-refractivity contribution in [2.45, 2.75) is 52.1 Å². The number of anilines is 1. The minimum absolute atomic E-state index is 0.00602. The van der Waals surface area contributed by atoms with Crippen LogP contribution >= 0.6 is 0 Å². The Morgan fingerprint density at radius 3 is 2.85 bits per heavy atom. The van der Waals surface area contributed by atoms with Crippen molar-refractivity contribution in [3.8, 4) is 0 Å². The van der Waals surface area contributed by atoms with Crippen molar-refractivity contribution in [2.75, 3.05) is 5.32 Å². The third-order valence-corrected chi connectivity index (χ3v) is 2.94. The van der Waals surface area contributed by atoms with Crippen molar-refractivity contribution in [1.82, 2.24) is 4.98 Å². The fourth-order valence-corrected chi connectivity index (χ4v) is 2.08. The van der Waals surface area contributed by atoms with Gasteiger partial charge >= 0.3 is 5.97 Å². The highest BCUT2D eigenvalue weighted by molar-refractivity contribution is 5.92. The van der Waals surface area contributed by atoms with Crippen LogP contribution in [0.4, 0.5) is 5.82 Å². The van der Waals surface area contributed by atoms with Gasteiger partial charge in [0, 0.05) is 19.0 Å². The number of nitrogens with zero attached hydrogens (tertiary/aromatic N) is 1. The van der Waals surface area contributed by atoms with Crippen molar-refractivity contribution >= 4 is 17.7 Å². The van der Waals surface area contributed by atoms with Crippen molar-refractivity contribution in [3.05, 3.63) is 23.4 Å². The summed E-state index contributed by atoms with van der Waals surface area (Å²) in [6.07, 6.45) is 3.83. The van der Waals surface area contributed by atoms with Gasteiger partial charge in [-0.1, -0.05) is 6.07 Å². The summed E-state index contributed by atoms with van der Waals surface area (Å²) in [5.74, 6) is 0.442. The maximum absolute atomic E-state index is 11.7. The van der Waals surface area contributed by atoms with E-state index in [-0.39, 0.29) is 11.9 Å². The van der Waals surface area contributed by atoms with Gasteiger partial charge in [0.25, 0.3) is 0 Å². The van der Waals surface area contributed by atoms with Gasteiger partial charge in [-0.25, -0.2) is 4.98 Å². The van der Waals surface area contributed by atoms with Gasteiger partial charge in [0.15, 0.2) is 0 Å². The second kappa shape index (κ2) is 5.61. The zero-order chi connectivity index (χ0) is 14.8. The first-order valence-electron chi connectivity index (χ1n) is 6.83. The van der Waals surface area contributed by atoms with Gasteiger partial charge in [-0.2, -0.15) is 0 Å². The van der Waals surface area contributed by atoms with Gasteiger partial charge in [-0.3, -0.25) is 9.59 Å². The van der Waals surface area contributed by atoms with Crippen LogP contribution in [0, 0.1) is 0 Å². The second-order valence-electron chi connectivity index (χ2n) is 5.99. The fourth-order valence-electron chi connectivity index (χ4n) is 2.08. The molecule has 1 aliphatic heterocycles. The summed E-state index contributed by atoms with van der Waals surface area (Å²) in [5, 5.41) is 2.74. The Morgan fingerprint density at radius 2 is 2.15 bits per heavy atom. The van der Waals surface area contributed by atoms with Crippen LogP contribution in [-0.4, -0.2) is 22.5 Å². The summed E-state index contributed by atoms with van der Waals surface area (Å²) in [7, 11) is 0. The van der Waals surface area contributed by atoms with Crippen LogP contribution in [0.3, 0.4) is 0 Å². The molecule has 0 aliphatic carbocycles. The molecule has 1 aliphatic rings. The molecule has 0 unspecified atom stereocenters. The van der Waals surface area contributed by atoms with E-state index in [9.17, 15) is 9.59 Å². The number of hydrogen-bond acceptors (Lipinski definition) is 4. The van der Waals surface area contributed by atoms with Gasteiger partial charge in [-0.05, 0) is 44.7 Å². The predicted molar refractivity (Wildman–Crippen MR) is 75.4 cm³/mol. The summed E-state index contributed by atoms with van der Waals surface area (Å²) in [6.45, 7) is 5.57. The third-order valence-electron chi connectivity index (χ3n) is 2.94. The number of pyridine rings is 1. The second-order valence-corrected chi connectivity index (χ2v) is 5.99. The molecule has 2 rings (SSSR count). The quantitative estimate of drug-likeness (QED) is 0.860. The molecule has 0 aromatic carbocycles. The molecule has 0 saturated carbocycles. The molecule has 1 N–H and O–H groups in total. The molecule has 0 spiro atoms. The van der Waals surface area contributed by atoms with Crippen molar-refractivity contribution in [1.29, 1.82) is 0 Å². The standard InChI is InChI=1S/C15H20N2O3/c1-15(2,3)20-13(19)7-4-10-8-11-5-6-12(18)17-14(11)16-9-10/h8-9H,4-7H2,1-3H3,(H,16,17,18). The minimum atomic E-state index is -0.449. The molecule has 1 aromatic heterocycles. The lowest BCUT2D eigenvalue weighted by Crippen LogP contribution is -2.24. The number of aromatic nitrogens is 1. The molecule has 1 aromatic rings. The molecule has 0 saturated heterocycles. The fraction of sp³-hybridized carbons (Fsp3) is 0.533. The highest BCUT2D eigenvalue weighted by atomic mass is 16.6. The first kappa shape index (κ1) is 14.5. The van der Waals surface area contributed by atoms with Gasteiger partial charge in [0.05, 0.1) is 0 Å². The van der Waals surface area contributed by atoms with Crippen LogP contribution in [0.25, 0.3) is 0 Å². The zero-order valence-electron chi connectivity index (χ0n) is 12.2. The summed E-state index contributed by atoms with van der Waals surface area (Å²) in [4.78, 5) is 27.1. The smallest absolute Gasteiger partial charge is 0.306 e. The molecule has 5 heteroatoms. The monoisotopic (exact) mass is 276 g/mol. The van der Waals surface area contributed by atoms with Gasteiger partial charge in [0.1, 0.15) is 11.4 Å². The largest absolute Gasteiger partial charge is 0.460 e. The lowest BCUT2D eigenvalue weighted by atomic mass is 10.0. The van der Waals surface area contributed by atoms with Gasteiger partial charge < -0.3 is 10.1 Å². The van der Waals surface area contributed by atoms with Crippen LogP contribution in [0.15, 0.2) is 12.3 Å². The molecule has 0 fully saturated rings. The van der Waals surface area contributed by atoms with Crippen LogP contribution in [0.5, 0.6) is 0 Å². The predicted octanol–water partition coefficient (Wildman–Crippen LogP) is 2.24. The lowest BCUT2D eigenvalue weighted by molar-refractivity contribution is -0.154. The van der Waals surface area contributed by atoms with Crippen LogP contribution in [0.2, 0.25) is 0 Å². The molecule has 0 bridgehead atoms. The normalized spacial score (nSPS) is 14.4. The van der Waals surface area contributed by atoms with Gasteiger partial charge in [-0.15, -0.1) is 0 Å². The number of carbonyl (C=O) groups excluding carboxylic acids is 2. The van der Waals surface area contributed by atoms with E-state index in [4.69, 9.17) is 4.74 Å². The van der Waals surface area contributed by atoms with E-state index < -0.39 is 5.60 Å². The van der Waals surface area contributed by atoms with E-state index in [0.29, 0.717) is 31.5 Å². The Labute approximate surface area is 118 Å². The molecule has 1 amide bonds. The van der Waals surface area contributed by atoms with E-state index in [1.807, 2.05) is 26.8 Å². The summed E-state index contributed by atoms with van der Waals surface area (Å²) < 4.78 is 5.27. The maximum Gasteiger partial charge on any atom is 0.306 e. The van der Waals surface area contributed by atoms with E-state index in [0.717, 1.165) is 11.1 Å². The van der Waals surface area contributed by atoms with E-state index in [2.05, 4.69) is 10.3 Å². The third kappa shape index (κ3) is 4.05. The number of ether oxygens (including phenoxy) is 1. The zero-order valence-corrected chi connectivity index (χ0v) is 12.2. The molecule has 0 radical (unpaired) electrons. The van der Waals surface area contributed by atoms with Crippen molar-refractivity contribution < 1.29 is 14.3 Å². The Hall–Kier alpha value is -1.91. The first-order valence-corrected chi connectivity index (χ1v) is 6.83. The number of hydrogen-bond donors (Lipinski definition) is 1. The average molecular weight is 276 g/mol. The van der Waals surface area contributed by atoms with E-state index >= 15 is 0 Å². The number of carbonyl (C=O) groups is 2. The highest BCUT2D eigenvalue weighted by Gasteiger charge is 2.18. The number of esters is 1. The Morgan fingerprint density at radius 1 is 1.40 bits per heavy atom. The summed E-state index contributed by atoms with van der Waals surface area (Å²) >= 11 is 0. The molecule has 2 heterocycles. The molecule has 0 atom stereocenters. The number of amides is 1. The SMILES string of the molecule is CC(C)(C)OC(=O)CCc1cnc2c(c1)CCC(=O)N2. The highest BCUT2D eigenvalue weighted by Crippen LogP contribution is 2.21. The molecular formula is C15H20N2O3. The van der Waals surface area contributed by atoms with Gasteiger partial charge in [0.2, 0.25) is 5.91 Å². The topological polar surface area (TPSA) is 68.3 Å². The van der Waals surface area contributed by atoms with Crippen LogP contribution in [0.1, 0.15) is 44.7 Å². The van der Waals surface area contributed by atoms with Crippen molar-refractivity contribution in [2.24, 2.45) is 0 Å². The summed E-state index contributed by atoms with van der Waals surface area (Å²) in [5.41, 5.74) is 1.58. The molecule has 5 nitrogen and oxygen atoms in total. The van der Waals surface area contributed by atoms with Crippen LogP contribution in [-0.2, 0) is 27.2 Å².